The Hall–Kier alpha value is -1.44. The van der Waals surface area contributed by atoms with Crippen LogP contribution in [0.2, 0.25) is 0 Å². The maximum absolute atomic E-state index is 14.0. The summed E-state index contributed by atoms with van der Waals surface area (Å²) < 4.78 is 41.0. The lowest BCUT2D eigenvalue weighted by Crippen LogP contribution is -2.24. The smallest absolute Gasteiger partial charge is 0.243 e. The summed E-state index contributed by atoms with van der Waals surface area (Å²) in [6, 6.07) is 4.50. The number of nitrogen functional groups attached to an aromatic ring is 1. The Bertz CT molecular complexity index is 754. The number of nitrogens with one attached hydrogen (secondary N) is 1. The lowest BCUT2D eigenvalue weighted by molar-refractivity contribution is 0.553. The van der Waals surface area contributed by atoms with Gasteiger partial charge in [0, 0.05) is 17.1 Å². The van der Waals surface area contributed by atoms with Crippen molar-refractivity contribution in [3.05, 3.63) is 45.4 Å². The number of aryl methyl sites for hydroxylation is 2. The SMILES string of the molecule is CCc1ccsc1CNS(=O)(=O)c1cc(N)cc(C)c1F. The van der Waals surface area contributed by atoms with Gasteiger partial charge in [-0.2, -0.15) is 0 Å². The molecule has 7 heteroatoms. The van der Waals surface area contributed by atoms with Crippen molar-refractivity contribution in [2.45, 2.75) is 31.7 Å². The van der Waals surface area contributed by atoms with Gasteiger partial charge in [0.1, 0.15) is 10.7 Å². The summed E-state index contributed by atoms with van der Waals surface area (Å²) >= 11 is 1.48. The second-order valence-corrected chi connectivity index (χ2v) is 7.43. The maximum Gasteiger partial charge on any atom is 0.243 e. The second-order valence-electron chi connectivity index (χ2n) is 4.70. The number of benzene rings is 1. The molecule has 3 N–H and O–H groups in total. The van der Waals surface area contributed by atoms with E-state index >= 15 is 0 Å². The molecule has 1 heterocycles. The Balaban J connectivity index is 2.27. The number of hydrogen-bond acceptors (Lipinski definition) is 4. The van der Waals surface area contributed by atoms with Crippen molar-refractivity contribution >= 4 is 27.0 Å². The van der Waals surface area contributed by atoms with Crippen molar-refractivity contribution in [3.63, 3.8) is 0 Å². The van der Waals surface area contributed by atoms with E-state index in [0.29, 0.717) is 0 Å². The van der Waals surface area contributed by atoms with Crippen molar-refractivity contribution in [2.75, 3.05) is 5.73 Å². The minimum Gasteiger partial charge on any atom is -0.399 e. The fourth-order valence-electron chi connectivity index (χ4n) is 2.04. The summed E-state index contributed by atoms with van der Waals surface area (Å²) in [5.41, 5.74) is 7.13. The van der Waals surface area contributed by atoms with Crippen molar-refractivity contribution in [1.29, 1.82) is 0 Å². The minimum absolute atomic E-state index is 0.149. The molecule has 1 aromatic heterocycles. The van der Waals surface area contributed by atoms with E-state index in [0.717, 1.165) is 22.9 Å². The van der Waals surface area contributed by atoms with Crippen LogP contribution in [0.5, 0.6) is 0 Å². The van der Waals surface area contributed by atoms with Gasteiger partial charge in [-0.15, -0.1) is 11.3 Å². The molecule has 114 valence electrons. The molecule has 0 aliphatic heterocycles. The van der Waals surface area contributed by atoms with Gasteiger partial charge in [0.25, 0.3) is 0 Å². The number of sulfonamides is 1. The lowest BCUT2D eigenvalue weighted by Gasteiger charge is -2.10. The van der Waals surface area contributed by atoms with Crippen LogP contribution in [0, 0.1) is 12.7 Å². The normalized spacial score (nSPS) is 11.8. The summed E-state index contributed by atoms with van der Waals surface area (Å²) in [6.45, 7) is 3.64. The summed E-state index contributed by atoms with van der Waals surface area (Å²) in [4.78, 5) is 0.525. The van der Waals surface area contributed by atoms with Crippen LogP contribution < -0.4 is 10.5 Å². The molecule has 4 nitrogen and oxygen atoms in total. The summed E-state index contributed by atoms with van der Waals surface area (Å²) in [7, 11) is -3.94. The number of rotatable bonds is 5. The van der Waals surface area contributed by atoms with Gasteiger partial charge in [0.15, 0.2) is 0 Å². The largest absolute Gasteiger partial charge is 0.399 e. The van der Waals surface area contributed by atoms with E-state index in [4.69, 9.17) is 5.73 Å². The van der Waals surface area contributed by atoms with Gasteiger partial charge < -0.3 is 5.73 Å². The molecule has 2 rings (SSSR count). The molecule has 0 fully saturated rings. The monoisotopic (exact) mass is 328 g/mol. The van der Waals surface area contributed by atoms with Gasteiger partial charge >= 0.3 is 0 Å². The van der Waals surface area contributed by atoms with Crippen LogP contribution in [0.1, 0.15) is 22.9 Å². The quantitative estimate of drug-likeness (QED) is 0.829. The molecule has 1 aromatic carbocycles. The maximum atomic E-state index is 14.0. The first-order valence-corrected chi connectivity index (χ1v) is 8.82. The fraction of sp³-hybridized carbons (Fsp3) is 0.286. The first-order valence-electron chi connectivity index (χ1n) is 6.45. The van der Waals surface area contributed by atoms with Crippen LogP contribution in [0.3, 0.4) is 0 Å². The van der Waals surface area contributed by atoms with Crippen molar-refractivity contribution in [2.24, 2.45) is 0 Å². The summed E-state index contributed by atoms with van der Waals surface area (Å²) in [5.74, 6) is -0.765. The van der Waals surface area contributed by atoms with Crippen LogP contribution in [-0.2, 0) is 23.0 Å². The molecule has 0 saturated carbocycles. The zero-order valence-corrected chi connectivity index (χ0v) is 13.4. The van der Waals surface area contributed by atoms with Gasteiger partial charge in [0.05, 0.1) is 0 Å². The van der Waals surface area contributed by atoms with Crippen molar-refractivity contribution in [3.8, 4) is 0 Å². The highest BCUT2D eigenvalue weighted by atomic mass is 32.2. The molecular weight excluding hydrogens is 311 g/mol. The average Bonchev–Trinajstić information content (AvgIpc) is 2.88. The van der Waals surface area contributed by atoms with Crippen LogP contribution in [-0.4, -0.2) is 8.42 Å². The van der Waals surface area contributed by atoms with E-state index in [-0.39, 0.29) is 17.8 Å². The molecule has 0 saturated heterocycles. The van der Waals surface area contributed by atoms with E-state index in [9.17, 15) is 12.8 Å². The Kier molecular flexibility index (Phi) is 4.65. The second kappa shape index (κ2) is 6.13. The number of hydrogen-bond donors (Lipinski definition) is 2. The molecule has 0 bridgehead atoms. The highest BCUT2D eigenvalue weighted by Crippen LogP contribution is 2.23. The van der Waals surface area contributed by atoms with Gasteiger partial charge in [0.2, 0.25) is 10.0 Å². The molecule has 0 spiro atoms. The fourth-order valence-corrected chi connectivity index (χ4v) is 4.22. The van der Waals surface area contributed by atoms with E-state index in [1.807, 2.05) is 18.4 Å². The van der Waals surface area contributed by atoms with Gasteiger partial charge in [-0.3, -0.25) is 0 Å². The van der Waals surface area contributed by atoms with Crippen molar-refractivity contribution in [1.82, 2.24) is 4.72 Å². The Morgan fingerprint density at radius 3 is 2.76 bits per heavy atom. The zero-order chi connectivity index (χ0) is 15.6. The summed E-state index contributed by atoms with van der Waals surface area (Å²) in [5, 5.41) is 1.91. The Morgan fingerprint density at radius 2 is 2.10 bits per heavy atom. The van der Waals surface area contributed by atoms with Crippen molar-refractivity contribution < 1.29 is 12.8 Å². The molecule has 0 amide bonds. The molecule has 0 radical (unpaired) electrons. The predicted octanol–water partition coefficient (Wildman–Crippen LogP) is 2.82. The molecule has 0 unspecified atom stereocenters. The first-order chi connectivity index (χ1) is 9.85. The molecular formula is C14H17FN2O2S2. The minimum atomic E-state index is -3.94. The van der Waals surface area contributed by atoms with E-state index in [1.165, 1.54) is 24.3 Å². The van der Waals surface area contributed by atoms with Gasteiger partial charge in [-0.25, -0.2) is 17.5 Å². The third-order valence-corrected chi connectivity index (χ3v) is 5.54. The first kappa shape index (κ1) is 15.9. The number of halogens is 1. The van der Waals surface area contributed by atoms with E-state index in [1.54, 1.807) is 0 Å². The Labute approximate surface area is 127 Å². The number of anilines is 1. The molecule has 0 aliphatic carbocycles. The van der Waals surface area contributed by atoms with E-state index in [2.05, 4.69) is 4.72 Å². The van der Waals surface area contributed by atoms with Crippen LogP contribution in [0.25, 0.3) is 0 Å². The molecule has 2 aromatic rings. The van der Waals surface area contributed by atoms with E-state index < -0.39 is 20.7 Å². The van der Waals surface area contributed by atoms with Crippen LogP contribution in [0.15, 0.2) is 28.5 Å². The summed E-state index contributed by atoms with van der Waals surface area (Å²) in [6.07, 6.45) is 0.826. The number of nitrogens with two attached hydrogens (primary N) is 1. The average molecular weight is 328 g/mol. The predicted molar refractivity (Wildman–Crippen MR) is 83.3 cm³/mol. The zero-order valence-electron chi connectivity index (χ0n) is 11.8. The topological polar surface area (TPSA) is 72.2 Å². The third kappa shape index (κ3) is 3.42. The molecule has 21 heavy (non-hydrogen) atoms. The highest BCUT2D eigenvalue weighted by Gasteiger charge is 2.21. The lowest BCUT2D eigenvalue weighted by atomic mass is 10.2. The highest BCUT2D eigenvalue weighted by molar-refractivity contribution is 7.89. The molecule has 0 atom stereocenters. The Morgan fingerprint density at radius 1 is 1.38 bits per heavy atom. The van der Waals surface area contributed by atoms with Crippen LogP contribution >= 0.6 is 11.3 Å². The van der Waals surface area contributed by atoms with Gasteiger partial charge in [-0.1, -0.05) is 6.92 Å². The molecule has 0 aliphatic rings. The third-order valence-electron chi connectivity index (χ3n) is 3.17. The van der Waals surface area contributed by atoms with Gasteiger partial charge in [-0.05, 0) is 48.1 Å². The van der Waals surface area contributed by atoms with Crippen LogP contribution in [0.4, 0.5) is 10.1 Å². The standard InChI is InChI=1S/C14H17FN2O2S2/c1-3-10-4-5-20-12(10)8-17-21(18,19)13-7-11(16)6-9(2)14(13)15/h4-7,17H,3,8,16H2,1-2H3. The number of thiophene rings is 1.